The number of nitrogen functional groups attached to an aromatic ring is 1. The Labute approximate surface area is 106 Å². The highest BCUT2D eigenvalue weighted by Crippen LogP contribution is 2.31. The molecule has 1 aromatic rings. The molecule has 2 unspecified atom stereocenters. The van der Waals surface area contributed by atoms with E-state index in [0.717, 1.165) is 12.5 Å². The van der Waals surface area contributed by atoms with Crippen LogP contribution in [-0.4, -0.2) is 22.6 Å². The summed E-state index contributed by atoms with van der Waals surface area (Å²) < 4.78 is 0. The first-order chi connectivity index (χ1) is 8.58. The lowest BCUT2D eigenvalue weighted by Gasteiger charge is -2.16. The Morgan fingerprint density at radius 1 is 1.61 bits per heavy atom. The van der Waals surface area contributed by atoms with Gasteiger partial charge >= 0.3 is 5.97 Å². The van der Waals surface area contributed by atoms with Gasteiger partial charge in [0.1, 0.15) is 5.82 Å². The van der Waals surface area contributed by atoms with E-state index in [9.17, 15) is 4.79 Å². The van der Waals surface area contributed by atoms with E-state index in [1.54, 1.807) is 0 Å². The van der Waals surface area contributed by atoms with Crippen molar-refractivity contribution in [3.05, 3.63) is 17.8 Å². The van der Waals surface area contributed by atoms with Crippen LogP contribution in [0, 0.1) is 11.8 Å². The molecule has 2 rings (SSSR count). The van der Waals surface area contributed by atoms with Crippen molar-refractivity contribution in [3.63, 3.8) is 0 Å². The number of carboxylic acid groups (broad SMARTS) is 1. The number of nitrogens with two attached hydrogens (primary N) is 1. The zero-order chi connectivity index (χ0) is 13.1. The Balaban J connectivity index is 2.01. The van der Waals surface area contributed by atoms with E-state index >= 15 is 0 Å². The maximum absolute atomic E-state index is 11.0. The third kappa shape index (κ3) is 2.72. The van der Waals surface area contributed by atoms with Crippen LogP contribution in [0.25, 0.3) is 0 Å². The number of carboxylic acids is 1. The molecular weight excluding hydrogens is 230 g/mol. The SMILES string of the molecule is CC1CCCC1CNc1cc(C(=O)O)c(N)cn1. The van der Waals surface area contributed by atoms with Crippen molar-refractivity contribution < 1.29 is 9.90 Å². The van der Waals surface area contributed by atoms with Gasteiger partial charge in [0.2, 0.25) is 0 Å². The summed E-state index contributed by atoms with van der Waals surface area (Å²) in [6, 6.07) is 1.50. The van der Waals surface area contributed by atoms with Gasteiger partial charge in [0.15, 0.2) is 0 Å². The molecule has 1 fully saturated rings. The lowest BCUT2D eigenvalue weighted by atomic mass is 9.98. The highest BCUT2D eigenvalue weighted by atomic mass is 16.4. The average Bonchev–Trinajstić information content (AvgIpc) is 2.73. The minimum atomic E-state index is -1.02. The third-order valence-corrected chi connectivity index (χ3v) is 3.75. The molecule has 4 N–H and O–H groups in total. The van der Waals surface area contributed by atoms with Crippen molar-refractivity contribution in [1.29, 1.82) is 0 Å². The van der Waals surface area contributed by atoms with Crippen molar-refractivity contribution in [3.8, 4) is 0 Å². The van der Waals surface area contributed by atoms with Crippen molar-refractivity contribution in [2.24, 2.45) is 11.8 Å². The molecule has 2 atom stereocenters. The Morgan fingerprint density at radius 3 is 3.00 bits per heavy atom. The zero-order valence-electron chi connectivity index (χ0n) is 10.5. The Hall–Kier alpha value is -1.78. The second kappa shape index (κ2) is 5.25. The zero-order valence-corrected chi connectivity index (χ0v) is 10.5. The third-order valence-electron chi connectivity index (χ3n) is 3.75. The highest BCUT2D eigenvalue weighted by Gasteiger charge is 2.23. The van der Waals surface area contributed by atoms with Crippen LogP contribution in [0.2, 0.25) is 0 Å². The van der Waals surface area contributed by atoms with E-state index in [0.29, 0.717) is 11.7 Å². The first-order valence-electron chi connectivity index (χ1n) is 6.30. The first kappa shape index (κ1) is 12.7. The van der Waals surface area contributed by atoms with Crippen LogP contribution in [0.5, 0.6) is 0 Å². The summed E-state index contributed by atoms with van der Waals surface area (Å²) >= 11 is 0. The van der Waals surface area contributed by atoms with Gasteiger partial charge < -0.3 is 16.2 Å². The molecule has 0 aliphatic heterocycles. The summed E-state index contributed by atoms with van der Waals surface area (Å²) in [6.07, 6.45) is 5.18. The molecule has 0 saturated heterocycles. The summed E-state index contributed by atoms with van der Waals surface area (Å²) in [5, 5.41) is 12.2. The van der Waals surface area contributed by atoms with E-state index in [4.69, 9.17) is 10.8 Å². The van der Waals surface area contributed by atoms with Crippen LogP contribution < -0.4 is 11.1 Å². The van der Waals surface area contributed by atoms with Crippen LogP contribution in [-0.2, 0) is 0 Å². The molecule has 1 aliphatic rings. The van der Waals surface area contributed by atoms with Gasteiger partial charge in [-0.1, -0.05) is 19.8 Å². The van der Waals surface area contributed by atoms with Crippen LogP contribution in [0.4, 0.5) is 11.5 Å². The normalized spacial score (nSPS) is 22.9. The Morgan fingerprint density at radius 2 is 2.39 bits per heavy atom. The molecule has 1 aromatic heterocycles. The molecule has 0 radical (unpaired) electrons. The fourth-order valence-corrected chi connectivity index (χ4v) is 2.51. The van der Waals surface area contributed by atoms with Gasteiger partial charge in [-0.05, 0) is 24.3 Å². The monoisotopic (exact) mass is 249 g/mol. The summed E-state index contributed by atoms with van der Waals surface area (Å²) in [5.41, 5.74) is 5.86. The molecule has 18 heavy (non-hydrogen) atoms. The summed E-state index contributed by atoms with van der Waals surface area (Å²) in [6.45, 7) is 3.11. The standard InChI is InChI=1S/C13H19N3O2/c1-8-3-2-4-9(8)6-15-12-5-10(13(17)18)11(14)7-16-12/h5,7-9H,2-4,6,14H2,1H3,(H,15,16)(H,17,18). The topological polar surface area (TPSA) is 88.2 Å². The maximum atomic E-state index is 11.0. The maximum Gasteiger partial charge on any atom is 0.337 e. The molecule has 1 saturated carbocycles. The molecular formula is C13H19N3O2. The number of nitrogens with one attached hydrogen (secondary N) is 1. The summed E-state index contributed by atoms with van der Waals surface area (Å²) in [7, 11) is 0. The highest BCUT2D eigenvalue weighted by molar-refractivity contribution is 5.94. The van der Waals surface area contributed by atoms with Gasteiger partial charge in [-0.3, -0.25) is 0 Å². The van der Waals surface area contributed by atoms with E-state index in [1.807, 2.05) is 0 Å². The number of aromatic carboxylic acids is 1. The molecule has 0 aromatic carbocycles. The van der Waals surface area contributed by atoms with Crippen molar-refractivity contribution in [2.75, 3.05) is 17.6 Å². The quantitative estimate of drug-likeness (QED) is 0.761. The van der Waals surface area contributed by atoms with Gasteiger partial charge in [0.05, 0.1) is 17.4 Å². The predicted molar refractivity (Wildman–Crippen MR) is 70.6 cm³/mol. The summed E-state index contributed by atoms with van der Waals surface area (Å²) in [5.74, 6) is 0.941. The largest absolute Gasteiger partial charge is 0.478 e. The van der Waals surface area contributed by atoms with Crippen LogP contribution in [0.15, 0.2) is 12.3 Å². The predicted octanol–water partition coefficient (Wildman–Crippen LogP) is 2.21. The van der Waals surface area contributed by atoms with Crippen molar-refractivity contribution in [2.45, 2.75) is 26.2 Å². The lowest BCUT2D eigenvalue weighted by Crippen LogP contribution is -2.17. The van der Waals surface area contributed by atoms with Gasteiger partial charge in [0, 0.05) is 6.54 Å². The van der Waals surface area contributed by atoms with E-state index in [2.05, 4.69) is 17.2 Å². The van der Waals surface area contributed by atoms with Gasteiger partial charge in [-0.2, -0.15) is 0 Å². The van der Waals surface area contributed by atoms with Gasteiger partial charge in [0.25, 0.3) is 0 Å². The number of hydrogen-bond donors (Lipinski definition) is 3. The second-order valence-corrected chi connectivity index (χ2v) is 5.01. The molecule has 5 nitrogen and oxygen atoms in total. The Bertz CT molecular complexity index is 448. The first-order valence-corrected chi connectivity index (χ1v) is 6.30. The van der Waals surface area contributed by atoms with Crippen molar-refractivity contribution in [1.82, 2.24) is 4.98 Å². The number of rotatable bonds is 4. The minimum Gasteiger partial charge on any atom is -0.478 e. The fourth-order valence-electron chi connectivity index (χ4n) is 2.51. The molecule has 1 aliphatic carbocycles. The number of carbonyl (C=O) groups is 1. The number of hydrogen-bond acceptors (Lipinski definition) is 4. The smallest absolute Gasteiger partial charge is 0.337 e. The van der Waals surface area contributed by atoms with Gasteiger partial charge in [-0.15, -0.1) is 0 Å². The van der Waals surface area contributed by atoms with Crippen molar-refractivity contribution >= 4 is 17.5 Å². The number of nitrogens with zero attached hydrogens (tertiary/aromatic N) is 1. The van der Waals surface area contributed by atoms with E-state index in [-0.39, 0.29) is 11.3 Å². The molecule has 1 heterocycles. The van der Waals surface area contributed by atoms with Crippen LogP contribution >= 0.6 is 0 Å². The molecule has 0 spiro atoms. The Kier molecular flexibility index (Phi) is 3.69. The number of anilines is 2. The molecule has 0 amide bonds. The number of pyridine rings is 1. The molecule has 0 bridgehead atoms. The lowest BCUT2D eigenvalue weighted by molar-refractivity contribution is 0.0698. The second-order valence-electron chi connectivity index (χ2n) is 5.01. The fraction of sp³-hybridized carbons (Fsp3) is 0.538. The number of aromatic nitrogens is 1. The van der Waals surface area contributed by atoms with Gasteiger partial charge in [-0.25, -0.2) is 9.78 Å². The minimum absolute atomic E-state index is 0.104. The molecule has 98 valence electrons. The van der Waals surface area contributed by atoms with Crippen LogP contribution in [0.3, 0.4) is 0 Å². The summed E-state index contributed by atoms with van der Waals surface area (Å²) in [4.78, 5) is 15.1. The van der Waals surface area contributed by atoms with Crippen LogP contribution in [0.1, 0.15) is 36.5 Å². The molecule has 5 heteroatoms. The average molecular weight is 249 g/mol. The van der Waals surface area contributed by atoms with E-state index < -0.39 is 5.97 Å². The van der Waals surface area contributed by atoms with E-state index in [1.165, 1.54) is 31.5 Å².